The van der Waals surface area contributed by atoms with Crippen molar-refractivity contribution in [3.63, 3.8) is 0 Å². The van der Waals surface area contributed by atoms with Crippen LogP contribution in [0.4, 0.5) is 5.69 Å². The highest BCUT2D eigenvalue weighted by Gasteiger charge is 2.19. The molecule has 96 valence electrons. The highest BCUT2D eigenvalue weighted by Crippen LogP contribution is 2.25. The predicted octanol–water partition coefficient (Wildman–Crippen LogP) is 1.68. The van der Waals surface area contributed by atoms with Gasteiger partial charge in [0.2, 0.25) is 0 Å². The first-order valence-corrected chi connectivity index (χ1v) is 5.33. The summed E-state index contributed by atoms with van der Waals surface area (Å²) in [6.07, 6.45) is 4.06. The second kappa shape index (κ2) is 5.21. The van der Waals surface area contributed by atoms with Crippen molar-refractivity contribution in [3.05, 3.63) is 52.6 Å². The summed E-state index contributed by atoms with van der Waals surface area (Å²) in [5, 5.41) is 19.6. The van der Waals surface area contributed by atoms with Gasteiger partial charge >= 0.3 is 5.97 Å². The van der Waals surface area contributed by atoms with E-state index in [1.54, 1.807) is 24.5 Å². The first kappa shape index (κ1) is 12.6. The zero-order chi connectivity index (χ0) is 13.8. The van der Waals surface area contributed by atoms with E-state index >= 15 is 0 Å². The van der Waals surface area contributed by atoms with Crippen LogP contribution in [0.3, 0.4) is 0 Å². The number of rotatable bonds is 4. The van der Waals surface area contributed by atoms with Crippen molar-refractivity contribution in [1.29, 1.82) is 0 Å². The van der Waals surface area contributed by atoms with Gasteiger partial charge in [-0.25, -0.2) is 0 Å². The average molecular weight is 259 g/mol. The summed E-state index contributed by atoms with van der Waals surface area (Å²) in [7, 11) is 0. The van der Waals surface area contributed by atoms with E-state index < -0.39 is 17.3 Å². The van der Waals surface area contributed by atoms with Gasteiger partial charge in [-0.1, -0.05) is 0 Å². The van der Waals surface area contributed by atoms with Crippen molar-refractivity contribution < 1.29 is 14.8 Å². The van der Waals surface area contributed by atoms with Gasteiger partial charge in [0.1, 0.15) is 5.69 Å². The molecule has 0 aliphatic heterocycles. The molecule has 0 aromatic carbocycles. The lowest BCUT2D eigenvalue weighted by Crippen LogP contribution is -2.06. The molecule has 7 heteroatoms. The number of aromatic nitrogens is 2. The second-order valence-corrected chi connectivity index (χ2v) is 3.75. The molecule has 2 aromatic rings. The fourth-order valence-corrected chi connectivity index (χ4v) is 1.62. The lowest BCUT2D eigenvalue weighted by molar-refractivity contribution is -0.385. The minimum atomic E-state index is -1.16. The lowest BCUT2D eigenvalue weighted by atomic mass is 10.1. The average Bonchev–Trinajstić information content (AvgIpc) is 2.39. The highest BCUT2D eigenvalue weighted by atomic mass is 16.6. The molecule has 0 aliphatic rings. The van der Waals surface area contributed by atoms with Crippen LogP contribution in [-0.2, 0) is 11.2 Å². The third kappa shape index (κ3) is 2.89. The Morgan fingerprint density at radius 3 is 2.58 bits per heavy atom. The van der Waals surface area contributed by atoms with E-state index in [9.17, 15) is 14.9 Å². The number of aliphatic carboxylic acids is 1. The van der Waals surface area contributed by atoms with Crippen LogP contribution >= 0.6 is 0 Å². The number of nitro groups is 1. The fourth-order valence-electron chi connectivity index (χ4n) is 1.62. The number of carboxylic acid groups (broad SMARTS) is 1. The van der Waals surface area contributed by atoms with Gasteiger partial charge in [0.15, 0.2) is 0 Å². The van der Waals surface area contributed by atoms with E-state index in [0.29, 0.717) is 5.56 Å². The van der Waals surface area contributed by atoms with E-state index in [1.165, 1.54) is 12.3 Å². The highest BCUT2D eigenvalue weighted by molar-refractivity contribution is 5.72. The monoisotopic (exact) mass is 259 g/mol. The molecule has 19 heavy (non-hydrogen) atoms. The Hall–Kier alpha value is -2.83. The van der Waals surface area contributed by atoms with Gasteiger partial charge in [-0.3, -0.25) is 24.9 Å². The van der Waals surface area contributed by atoms with Crippen LogP contribution in [0.15, 0.2) is 36.8 Å². The Kier molecular flexibility index (Phi) is 3.46. The number of carboxylic acids is 1. The van der Waals surface area contributed by atoms with Crippen LogP contribution in [0.1, 0.15) is 5.69 Å². The molecule has 0 saturated heterocycles. The fraction of sp³-hybridized carbons (Fsp3) is 0.0833. The van der Waals surface area contributed by atoms with Gasteiger partial charge in [-0.15, -0.1) is 0 Å². The minimum absolute atomic E-state index is 0.0599. The van der Waals surface area contributed by atoms with E-state index in [1.807, 2.05) is 0 Å². The quantitative estimate of drug-likeness (QED) is 0.661. The van der Waals surface area contributed by atoms with E-state index in [4.69, 9.17) is 5.11 Å². The van der Waals surface area contributed by atoms with Crippen LogP contribution < -0.4 is 0 Å². The molecule has 0 saturated carbocycles. The molecule has 0 radical (unpaired) electrons. The first-order valence-electron chi connectivity index (χ1n) is 5.33. The largest absolute Gasteiger partial charge is 0.481 e. The minimum Gasteiger partial charge on any atom is -0.481 e. The smallest absolute Gasteiger partial charge is 0.309 e. The molecule has 1 N–H and O–H groups in total. The van der Waals surface area contributed by atoms with Crippen LogP contribution in [0, 0.1) is 10.1 Å². The molecule has 0 aliphatic carbocycles. The van der Waals surface area contributed by atoms with Crippen molar-refractivity contribution in [2.45, 2.75) is 6.42 Å². The summed E-state index contributed by atoms with van der Waals surface area (Å²) < 4.78 is 0. The molecule has 0 bridgehead atoms. The van der Waals surface area contributed by atoms with Crippen LogP contribution in [0.2, 0.25) is 0 Å². The summed E-state index contributed by atoms with van der Waals surface area (Å²) in [4.78, 5) is 28.7. The zero-order valence-corrected chi connectivity index (χ0v) is 9.68. The van der Waals surface area contributed by atoms with Crippen LogP contribution in [0.5, 0.6) is 0 Å². The van der Waals surface area contributed by atoms with Crippen molar-refractivity contribution >= 4 is 11.7 Å². The molecule has 7 nitrogen and oxygen atoms in total. The summed E-state index contributed by atoms with van der Waals surface area (Å²) in [6, 6.07) is 4.70. The van der Waals surface area contributed by atoms with Gasteiger partial charge in [-0.2, -0.15) is 0 Å². The lowest BCUT2D eigenvalue weighted by Gasteiger charge is -2.03. The Morgan fingerprint density at radius 2 is 2.00 bits per heavy atom. The predicted molar refractivity (Wildman–Crippen MR) is 65.5 cm³/mol. The Labute approximate surface area is 107 Å². The molecular formula is C12H9N3O4. The van der Waals surface area contributed by atoms with Crippen molar-refractivity contribution in [3.8, 4) is 11.1 Å². The Morgan fingerprint density at radius 1 is 1.32 bits per heavy atom. The molecule has 0 fully saturated rings. The molecule has 0 amide bonds. The van der Waals surface area contributed by atoms with Gasteiger partial charge in [0.05, 0.1) is 11.3 Å². The molecule has 0 unspecified atom stereocenters. The maximum absolute atomic E-state index is 10.9. The molecular weight excluding hydrogens is 250 g/mol. The van der Waals surface area contributed by atoms with E-state index in [0.717, 1.165) is 5.56 Å². The Balaban J connectivity index is 2.48. The van der Waals surface area contributed by atoms with Gasteiger partial charge < -0.3 is 5.11 Å². The number of hydrogen-bond acceptors (Lipinski definition) is 5. The van der Waals surface area contributed by atoms with Gasteiger partial charge in [0.25, 0.3) is 5.69 Å². The van der Waals surface area contributed by atoms with E-state index in [-0.39, 0.29) is 11.4 Å². The molecule has 0 spiro atoms. The Bertz CT molecular complexity index is 628. The number of nitrogens with zero attached hydrogens (tertiary/aromatic N) is 3. The molecule has 2 aromatic heterocycles. The maximum atomic E-state index is 10.9. The maximum Gasteiger partial charge on any atom is 0.309 e. The zero-order valence-electron chi connectivity index (χ0n) is 9.68. The van der Waals surface area contributed by atoms with Crippen molar-refractivity contribution in [1.82, 2.24) is 9.97 Å². The summed E-state index contributed by atoms with van der Waals surface area (Å²) in [5.74, 6) is -1.16. The number of pyridine rings is 2. The third-order valence-corrected chi connectivity index (χ3v) is 2.48. The topological polar surface area (TPSA) is 106 Å². The summed E-state index contributed by atoms with van der Waals surface area (Å²) in [5.41, 5.74) is 0.919. The first-order chi connectivity index (χ1) is 9.08. The summed E-state index contributed by atoms with van der Waals surface area (Å²) >= 11 is 0. The molecule has 0 atom stereocenters. The summed E-state index contributed by atoms with van der Waals surface area (Å²) in [6.45, 7) is 0. The number of hydrogen-bond donors (Lipinski definition) is 1. The number of carbonyl (C=O) groups is 1. The van der Waals surface area contributed by atoms with Gasteiger partial charge in [-0.05, 0) is 17.7 Å². The normalized spacial score (nSPS) is 10.1. The molecule has 2 rings (SSSR count). The standard InChI is InChI=1S/C12H9N3O4/c16-12(17)6-10-11(15(18)19)5-9(7-14-10)8-1-3-13-4-2-8/h1-5,7H,6H2,(H,16,17). The van der Waals surface area contributed by atoms with Crippen molar-refractivity contribution in [2.75, 3.05) is 0 Å². The van der Waals surface area contributed by atoms with E-state index in [2.05, 4.69) is 9.97 Å². The van der Waals surface area contributed by atoms with Crippen LogP contribution in [-0.4, -0.2) is 26.0 Å². The second-order valence-electron chi connectivity index (χ2n) is 3.75. The van der Waals surface area contributed by atoms with Crippen molar-refractivity contribution in [2.24, 2.45) is 0 Å². The van der Waals surface area contributed by atoms with Gasteiger partial charge in [0, 0.05) is 30.2 Å². The SMILES string of the molecule is O=C(O)Cc1ncc(-c2ccncc2)cc1[N+](=O)[O-]. The molecule has 2 heterocycles. The third-order valence-electron chi connectivity index (χ3n) is 2.48. The van der Waals surface area contributed by atoms with Crippen LogP contribution in [0.25, 0.3) is 11.1 Å².